The molecular weight excluding hydrogens is 368 g/mol. The Morgan fingerprint density at radius 2 is 1.68 bits per heavy atom. The first-order valence-electron chi connectivity index (χ1n) is 10.3. The van der Waals surface area contributed by atoms with Crippen molar-refractivity contribution < 1.29 is 14.6 Å². The van der Waals surface area contributed by atoms with Crippen molar-refractivity contribution in [1.29, 1.82) is 0 Å². The first kappa shape index (κ1) is 18.3. The van der Waals surface area contributed by atoms with Gasteiger partial charge in [0.15, 0.2) is 5.60 Å². The zero-order valence-corrected chi connectivity index (χ0v) is 17.1. The molecule has 0 amide bonds. The maximum absolute atomic E-state index is 12.5. The summed E-state index contributed by atoms with van der Waals surface area (Å²) in [5, 5.41) is 10.2. The molecule has 3 nitrogen and oxygen atoms in total. The van der Waals surface area contributed by atoms with Crippen LogP contribution in [0.15, 0.2) is 40.8 Å². The van der Waals surface area contributed by atoms with E-state index in [4.69, 9.17) is 4.74 Å². The number of hydrogen-bond donors (Lipinski definition) is 1. The van der Waals surface area contributed by atoms with Gasteiger partial charge in [0.05, 0.1) is 4.91 Å². The number of aliphatic carboxylic acids is 1. The van der Waals surface area contributed by atoms with Crippen molar-refractivity contribution in [2.75, 3.05) is 12.9 Å². The summed E-state index contributed by atoms with van der Waals surface area (Å²) < 4.78 is 5.80. The summed E-state index contributed by atoms with van der Waals surface area (Å²) in [5.74, 6) is 8.45. The summed E-state index contributed by atoms with van der Waals surface area (Å²) in [6.07, 6.45) is 7.34. The topological polar surface area (TPSA) is 46.5 Å². The van der Waals surface area contributed by atoms with E-state index in [0.29, 0.717) is 5.75 Å². The fraction of sp³-hybridized carbons (Fsp3) is 0.542. The van der Waals surface area contributed by atoms with Crippen molar-refractivity contribution in [2.24, 2.45) is 23.2 Å². The highest BCUT2D eigenvalue weighted by Crippen LogP contribution is 2.66. The molecule has 1 heterocycles. The highest BCUT2D eigenvalue weighted by Gasteiger charge is 2.61. The van der Waals surface area contributed by atoms with Gasteiger partial charge in [-0.25, -0.2) is 4.79 Å². The van der Waals surface area contributed by atoms with E-state index in [0.717, 1.165) is 53.1 Å². The van der Waals surface area contributed by atoms with E-state index in [1.54, 1.807) is 18.9 Å². The highest BCUT2D eigenvalue weighted by molar-refractivity contribution is 8.03. The molecule has 1 aromatic rings. The Balaban J connectivity index is 1.64. The lowest BCUT2D eigenvalue weighted by atomic mass is 9.46. The molecular formula is C24H26O3S. The summed E-state index contributed by atoms with van der Waals surface area (Å²) >= 11 is 1.58. The van der Waals surface area contributed by atoms with E-state index < -0.39 is 11.6 Å². The molecule has 1 aromatic carbocycles. The smallest absolute Gasteiger partial charge is 0.341 e. The zero-order chi connectivity index (χ0) is 19.4. The van der Waals surface area contributed by atoms with Crippen molar-refractivity contribution in [3.8, 4) is 11.8 Å². The molecule has 146 valence electrons. The molecule has 1 atom stereocenters. The predicted molar refractivity (Wildman–Crippen MR) is 111 cm³/mol. The number of ether oxygens (including phenoxy) is 1. The zero-order valence-electron chi connectivity index (χ0n) is 16.2. The summed E-state index contributed by atoms with van der Waals surface area (Å²) in [6, 6.07) is 9.94. The van der Waals surface area contributed by atoms with Gasteiger partial charge in [-0.2, -0.15) is 0 Å². The summed E-state index contributed by atoms with van der Waals surface area (Å²) in [5.41, 5.74) is 0.706. The molecule has 0 saturated heterocycles. The van der Waals surface area contributed by atoms with Crippen LogP contribution in [0, 0.1) is 35.0 Å². The SMILES string of the molecule is COC1(C(=O)O)CSC(C#Cc2ccccc2)=C1C12CC3CC(CC(C3)C1)C2. The van der Waals surface area contributed by atoms with Gasteiger partial charge >= 0.3 is 5.97 Å². The van der Waals surface area contributed by atoms with Crippen LogP contribution in [0.4, 0.5) is 0 Å². The molecule has 4 heteroatoms. The van der Waals surface area contributed by atoms with E-state index in [1.807, 2.05) is 30.3 Å². The summed E-state index contributed by atoms with van der Waals surface area (Å²) in [7, 11) is 1.56. The van der Waals surface area contributed by atoms with Crippen LogP contribution in [0.5, 0.6) is 0 Å². The molecule has 0 radical (unpaired) electrons. The Labute approximate surface area is 170 Å². The number of carbonyl (C=O) groups is 1. The summed E-state index contributed by atoms with van der Waals surface area (Å²) in [4.78, 5) is 13.4. The van der Waals surface area contributed by atoms with Crippen molar-refractivity contribution in [3.05, 3.63) is 46.4 Å². The third-order valence-corrected chi connectivity index (χ3v) is 8.55. The third kappa shape index (κ3) is 2.75. The second-order valence-electron chi connectivity index (χ2n) is 9.14. The van der Waals surface area contributed by atoms with Gasteiger partial charge in [-0.3, -0.25) is 0 Å². The standard InChI is InChI=1S/C24H26O3S/c1-27-24(22(25)26)15-28-20(8-7-16-5-3-2-4-6-16)21(24)23-12-17-9-18(13-23)11-19(10-17)14-23/h2-6,17-19H,9-15H2,1H3,(H,25,26). The number of benzene rings is 1. The molecule has 5 aliphatic rings. The van der Waals surface area contributed by atoms with Crippen LogP contribution < -0.4 is 0 Å². The van der Waals surface area contributed by atoms with Crippen molar-refractivity contribution in [3.63, 3.8) is 0 Å². The quantitative estimate of drug-likeness (QED) is 0.753. The monoisotopic (exact) mass is 394 g/mol. The average molecular weight is 395 g/mol. The lowest BCUT2D eigenvalue weighted by Gasteiger charge is -2.58. The van der Waals surface area contributed by atoms with Gasteiger partial charge in [0.1, 0.15) is 0 Å². The van der Waals surface area contributed by atoms with E-state index >= 15 is 0 Å². The van der Waals surface area contributed by atoms with Gasteiger partial charge < -0.3 is 9.84 Å². The van der Waals surface area contributed by atoms with Crippen molar-refractivity contribution in [1.82, 2.24) is 0 Å². The van der Waals surface area contributed by atoms with Crippen molar-refractivity contribution in [2.45, 2.75) is 44.1 Å². The van der Waals surface area contributed by atoms with Crippen LogP contribution in [0.25, 0.3) is 0 Å². The van der Waals surface area contributed by atoms with Crippen LogP contribution in [0.2, 0.25) is 0 Å². The number of thioether (sulfide) groups is 1. The average Bonchev–Trinajstić information content (AvgIpc) is 3.07. The second kappa shape index (κ2) is 6.68. The minimum absolute atomic E-state index is 0.0344. The minimum atomic E-state index is -1.23. The maximum atomic E-state index is 12.5. The molecule has 0 spiro atoms. The van der Waals surface area contributed by atoms with E-state index in [1.165, 1.54) is 19.3 Å². The van der Waals surface area contributed by atoms with Gasteiger partial charge in [0.2, 0.25) is 0 Å². The Morgan fingerprint density at radius 1 is 1.07 bits per heavy atom. The van der Waals surface area contributed by atoms with Crippen molar-refractivity contribution >= 4 is 17.7 Å². The number of methoxy groups -OCH3 is 1. The number of carboxylic acid groups (broad SMARTS) is 1. The first-order valence-corrected chi connectivity index (χ1v) is 11.3. The van der Waals surface area contributed by atoms with Crippen LogP contribution in [0.1, 0.15) is 44.1 Å². The fourth-order valence-electron chi connectivity index (χ4n) is 6.75. The Bertz CT molecular complexity index is 856. The minimum Gasteiger partial charge on any atom is -0.479 e. The number of rotatable bonds is 3. The fourth-order valence-corrected chi connectivity index (χ4v) is 8.14. The number of carboxylic acids is 1. The maximum Gasteiger partial charge on any atom is 0.341 e. The van der Waals surface area contributed by atoms with E-state index in [2.05, 4.69) is 11.8 Å². The second-order valence-corrected chi connectivity index (χ2v) is 10.1. The lowest BCUT2D eigenvalue weighted by molar-refractivity contribution is -0.158. The predicted octanol–water partition coefficient (Wildman–Crippen LogP) is 4.73. The molecule has 1 unspecified atom stereocenters. The third-order valence-electron chi connectivity index (χ3n) is 7.41. The molecule has 4 fully saturated rings. The van der Waals surface area contributed by atoms with Crippen LogP contribution in [-0.2, 0) is 9.53 Å². The molecule has 0 aromatic heterocycles. The number of hydrogen-bond acceptors (Lipinski definition) is 3. The van der Waals surface area contributed by atoms with Crippen LogP contribution >= 0.6 is 11.8 Å². The van der Waals surface area contributed by atoms with Gasteiger partial charge in [0.25, 0.3) is 0 Å². The molecule has 1 aliphatic heterocycles. The largest absolute Gasteiger partial charge is 0.479 e. The molecule has 1 N–H and O–H groups in total. The Hall–Kier alpha value is -1.70. The molecule has 6 rings (SSSR count). The molecule has 28 heavy (non-hydrogen) atoms. The van der Waals surface area contributed by atoms with E-state index in [9.17, 15) is 9.90 Å². The first-order chi connectivity index (χ1) is 13.5. The highest BCUT2D eigenvalue weighted by atomic mass is 32.2. The summed E-state index contributed by atoms with van der Waals surface area (Å²) in [6.45, 7) is 0. The molecule has 4 bridgehead atoms. The van der Waals surface area contributed by atoms with Gasteiger partial charge in [-0.1, -0.05) is 30.0 Å². The Morgan fingerprint density at radius 3 is 2.21 bits per heavy atom. The van der Waals surface area contributed by atoms with Gasteiger partial charge in [0, 0.05) is 24.0 Å². The number of allylic oxidation sites excluding steroid dienone is 1. The Kier molecular flexibility index (Phi) is 4.37. The lowest BCUT2D eigenvalue weighted by Crippen LogP contribution is -2.54. The van der Waals surface area contributed by atoms with Crippen LogP contribution in [0.3, 0.4) is 0 Å². The van der Waals surface area contributed by atoms with Crippen LogP contribution in [-0.4, -0.2) is 29.5 Å². The molecule has 4 aliphatic carbocycles. The normalized spacial score (nSPS) is 38.4. The van der Waals surface area contributed by atoms with E-state index in [-0.39, 0.29) is 5.41 Å². The van der Waals surface area contributed by atoms with Gasteiger partial charge in [-0.15, -0.1) is 11.8 Å². The molecule has 4 saturated carbocycles. The van der Waals surface area contributed by atoms with Gasteiger partial charge in [-0.05, 0) is 73.8 Å².